The summed E-state index contributed by atoms with van der Waals surface area (Å²) in [4.78, 5) is 25.9. The molecular weight excluding hydrogens is 314 g/mol. The van der Waals surface area contributed by atoms with Gasteiger partial charge in [-0.2, -0.15) is 4.99 Å². The number of nitrogens with zero attached hydrogens (tertiary/aromatic N) is 3. The van der Waals surface area contributed by atoms with Gasteiger partial charge in [0.05, 0.1) is 11.5 Å². The molecule has 0 spiro atoms. The van der Waals surface area contributed by atoms with E-state index in [0.29, 0.717) is 6.61 Å². The number of nitro groups is 1. The molecule has 0 bridgehead atoms. The molecule has 0 heterocycles. The molecule has 1 N–H and O–H groups in total. The van der Waals surface area contributed by atoms with Gasteiger partial charge in [-0.05, 0) is 19.1 Å². The van der Waals surface area contributed by atoms with E-state index in [4.69, 9.17) is 9.29 Å². The van der Waals surface area contributed by atoms with E-state index >= 15 is 0 Å². The second-order valence-corrected chi connectivity index (χ2v) is 5.07. The van der Waals surface area contributed by atoms with E-state index in [1.807, 2.05) is 0 Å². The normalized spacial score (nSPS) is 12.6. The molecule has 0 fully saturated rings. The summed E-state index contributed by atoms with van der Waals surface area (Å²) >= 11 is -2.47. The number of hydrogen-bond donors (Lipinski definition) is 1. The minimum Gasteiger partial charge on any atom is -0.481 e. The molecule has 1 amide bonds. The van der Waals surface area contributed by atoms with Crippen LogP contribution in [0.2, 0.25) is 0 Å². The first-order valence-electron chi connectivity index (χ1n) is 6.13. The molecule has 0 aliphatic rings. The molecule has 10 heteroatoms. The molecule has 0 radical (unpaired) electrons. The summed E-state index contributed by atoms with van der Waals surface area (Å²) in [5.74, 6) is -0.509. The van der Waals surface area contributed by atoms with Gasteiger partial charge in [0.2, 0.25) is 0 Å². The van der Waals surface area contributed by atoms with E-state index in [1.54, 1.807) is 6.92 Å². The molecule has 1 atom stereocenters. The molecule has 1 aromatic rings. The van der Waals surface area contributed by atoms with Gasteiger partial charge in [0.25, 0.3) is 22.9 Å². The zero-order chi connectivity index (χ0) is 16.9. The van der Waals surface area contributed by atoms with Crippen LogP contribution in [-0.4, -0.2) is 39.1 Å². The predicted molar refractivity (Wildman–Crippen MR) is 81.3 cm³/mol. The molecule has 0 saturated heterocycles. The van der Waals surface area contributed by atoms with Crippen molar-refractivity contribution in [3.05, 3.63) is 33.9 Å². The first kappa shape index (κ1) is 17.7. The fraction of sp³-hybridized carbons (Fsp3) is 0.333. The van der Waals surface area contributed by atoms with E-state index in [2.05, 4.69) is 4.99 Å². The van der Waals surface area contributed by atoms with Crippen molar-refractivity contribution >= 4 is 34.4 Å². The van der Waals surface area contributed by atoms with Crippen LogP contribution >= 0.6 is 0 Å². The van der Waals surface area contributed by atoms with Crippen molar-refractivity contribution in [1.29, 1.82) is 0 Å². The molecule has 1 aromatic carbocycles. The number of nitro benzene ring substituents is 1. The monoisotopic (exact) mass is 329 g/mol. The van der Waals surface area contributed by atoms with Crippen molar-refractivity contribution in [2.45, 2.75) is 13.8 Å². The molecule has 0 aromatic heterocycles. The number of hydrogen-bond acceptors (Lipinski definition) is 5. The summed E-state index contributed by atoms with van der Waals surface area (Å²) in [7, 11) is 1.20. The van der Waals surface area contributed by atoms with Crippen LogP contribution in [-0.2, 0) is 16.0 Å². The van der Waals surface area contributed by atoms with Crippen molar-refractivity contribution in [1.82, 2.24) is 0 Å². The van der Waals surface area contributed by atoms with Gasteiger partial charge >= 0.3 is 0 Å². The lowest BCUT2D eigenvalue weighted by Gasteiger charge is -2.14. The number of rotatable bonds is 5. The van der Waals surface area contributed by atoms with Gasteiger partial charge in [-0.15, -0.1) is 0 Å². The van der Waals surface area contributed by atoms with Crippen molar-refractivity contribution in [3.63, 3.8) is 0 Å². The van der Waals surface area contributed by atoms with Crippen molar-refractivity contribution < 1.29 is 23.2 Å². The minimum absolute atomic E-state index is 0.0388. The maximum atomic E-state index is 12.0. The second kappa shape index (κ2) is 7.61. The molecule has 120 valence electrons. The van der Waals surface area contributed by atoms with E-state index in [9.17, 15) is 19.1 Å². The largest absolute Gasteiger partial charge is 0.481 e. The Labute approximate surface area is 129 Å². The minimum atomic E-state index is -2.47. The summed E-state index contributed by atoms with van der Waals surface area (Å²) in [5.41, 5.74) is -0.523. The van der Waals surface area contributed by atoms with Gasteiger partial charge in [-0.1, -0.05) is 0 Å². The fourth-order valence-electron chi connectivity index (χ4n) is 1.60. The van der Waals surface area contributed by atoms with Crippen LogP contribution in [0.3, 0.4) is 0 Å². The number of ether oxygens (including phenoxy) is 1. The lowest BCUT2D eigenvalue weighted by molar-refractivity contribution is -0.384. The summed E-state index contributed by atoms with van der Waals surface area (Å²) < 4.78 is 26.0. The van der Waals surface area contributed by atoms with Crippen LogP contribution in [0.4, 0.5) is 11.4 Å². The fourth-order valence-corrected chi connectivity index (χ4v) is 1.91. The SMILES string of the molecule is CCOC(C)=NC(=O)c1ccc([N+](=O)[O-])c(N(C)S(=O)O)c1. The van der Waals surface area contributed by atoms with Crippen LogP contribution in [0.1, 0.15) is 24.2 Å². The molecule has 1 rings (SSSR count). The molecule has 0 aliphatic carbocycles. The molecule has 0 saturated carbocycles. The topological polar surface area (TPSA) is 122 Å². The van der Waals surface area contributed by atoms with Crippen LogP contribution in [0, 0.1) is 10.1 Å². The Morgan fingerprint density at radius 1 is 1.55 bits per heavy atom. The number of carbonyl (C=O) groups is 1. The first-order chi connectivity index (χ1) is 10.3. The highest BCUT2D eigenvalue weighted by atomic mass is 32.2. The van der Waals surface area contributed by atoms with Crippen molar-refractivity contribution in [2.24, 2.45) is 4.99 Å². The summed E-state index contributed by atoms with van der Waals surface area (Å²) in [6, 6.07) is 3.44. The second-order valence-electron chi connectivity index (χ2n) is 4.06. The van der Waals surface area contributed by atoms with Crippen molar-refractivity contribution in [3.8, 4) is 0 Å². The first-order valence-corrected chi connectivity index (χ1v) is 7.19. The summed E-state index contributed by atoms with van der Waals surface area (Å²) in [6.07, 6.45) is 0. The summed E-state index contributed by atoms with van der Waals surface area (Å²) in [5, 5.41) is 11.0. The third-order valence-electron chi connectivity index (χ3n) is 2.60. The number of aliphatic imine (C=N–C) groups is 1. The van der Waals surface area contributed by atoms with E-state index < -0.39 is 27.8 Å². The quantitative estimate of drug-likeness (QED) is 0.289. The van der Waals surface area contributed by atoms with Gasteiger partial charge in [0, 0.05) is 25.6 Å². The highest BCUT2D eigenvalue weighted by Crippen LogP contribution is 2.29. The zero-order valence-corrected chi connectivity index (χ0v) is 13.0. The maximum Gasteiger partial charge on any atom is 0.293 e. The lowest BCUT2D eigenvalue weighted by atomic mass is 10.1. The third kappa shape index (κ3) is 4.33. The Bertz CT molecular complexity index is 646. The highest BCUT2D eigenvalue weighted by Gasteiger charge is 2.22. The average molecular weight is 329 g/mol. The van der Waals surface area contributed by atoms with Gasteiger partial charge in [0.15, 0.2) is 5.90 Å². The Kier molecular flexibility index (Phi) is 6.13. The average Bonchev–Trinajstić information content (AvgIpc) is 2.45. The zero-order valence-electron chi connectivity index (χ0n) is 12.2. The lowest BCUT2D eigenvalue weighted by Crippen LogP contribution is -2.20. The molecule has 9 nitrogen and oxygen atoms in total. The number of anilines is 1. The Balaban J connectivity index is 3.27. The number of amides is 1. The van der Waals surface area contributed by atoms with Crippen LogP contribution < -0.4 is 4.31 Å². The van der Waals surface area contributed by atoms with E-state index in [0.717, 1.165) is 16.4 Å². The standard InChI is InChI=1S/C12H15N3O6S/c1-4-21-8(2)13-12(16)9-5-6-10(15(17)18)11(7-9)14(3)22(19)20/h5-7H,4H2,1-3H3,(H,19,20). The van der Waals surface area contributed by atoms with Crippen LogP contribution in [0.25, 0.3) is 0 Å². The molecular formula is C12H15N3O6S. The number of benzene rings is 1. The third-order valence-corrected chi connectivity index (χ3v) is 3.27. The van der Waals surface area contributed by atoms with Crippen LogP contribution in [0.15, 0.2) is 23.2 Å². The van der Waals surface area contributed by atoms with E-state index in [-0.39, 0.29) is 17.1 Å². The Morgan fingerprint density at radius 3 is 2.68 bits per heavy atom. The number of carbonyl (C=O) groups excluding carboxylic acids is 1. The smallest absolute Gasteiger partial charge is 0.293 e. The molecule has 1 unspecified atom stereocenters. The van der Waals surface area contributed by atoms with Gasteiger partial charge in [-0.3, -0.25) is 23.8 Å². The Morgan fingerprint density at radius 2 is 2.18 bits per heavy atom. The van der Waals surface area contributed by atoms with Crippen molar-refractivity contribution in [2.75, 3.05) is 18.0 Å². The maximum absolute atomic E-state index is 12.0. The van der Waals surface area contributed by atoms with Gasteiger partial charge < -0.3 is 4.74 Å². The van der Waals surface area contributed by atoms with E-state index in [1.165, 1.54) is 20.0 Å². The molecule has 22 heavy (non-hydrogen) atoms. The van der Waals surface area contributed by atoms with Crippen LogP contribution in [0.5, 0.6) is 0 Å². The Hall–Kier alpha value is -2.33. The van der Waals surface area contributed by atoms with Gasteiger partial charge in [0.1, 0.15) is 5.69 Å². The highest BCUT2D eigenvalue weighted by molar-refractivity contribution is 7.80. The van der Waals surface area contributed by atoms with Gasteiger partial charge in [-0.25, -0.2) is 4.21 Å². The molecule has 0 aliphatic heterocycles. The summed E-state index contributed by atoms with van der Waals surface area (Å²) in [6.45, 7) is 3.59. The predicted octanol–water partition coefficient (Wildman–Crippen LogP) is 1.76.